The third-order valence-corrected chi connectivity index (χ3v) is 2.96. The number of aliphatic hydroxyl groups excluding tert-OH is 1. The van der Waals surface area contributed by atoms with Gasteiger partial charge in [-0.15, -0.1) is 0 Å². The Morgan fingerprint density at radius 3 is 2.71 bits per heavy atom. The molecule has 92 valence electrons. The summed E-state index contributed by atoms with van der Waals surface area (Å²) in [6.45, 7) is 5.10. The second-order valence-electron chi connectivity index (χ2n) is 4.80. The van der Waals surface area contributed by atoms with E-state index in [2.05, 4.69) is 19.2 Å². The molecule has 1 aromatic carbocycles. The van der Waals surface area contributed by atoms with Gasteiger partial charge >= 0.3 is 0 Å². The molecule has 0 spiro atoms. The topological polar surface area (TPSA) is 56.0 Å². The van der Waals surface area contributed by atoms with Crippen molar-refractivity contribution in [1.82, 2.24) is 0 Å². The van der Waals surface area contributed by atoms with Crippen molar-refractivity contribution >= 4 is 17.3 Å². The molecule has 0 saturated carbocycles. The Morgan fingerprint density at radius 2 is 2.18 bits per heavy atom. The first-order valence-corrected chi connectivity index (χ1v) is 5.91. The maximum absolute atomic E-state index is 8.93. The fourth-order valence-corrected chi connectivity index (χ4v) is 1.67. The summed E-state index contributed by atoms with van der Waals surface area (Å²) in [5, 5.41) is 21.4. The van der Waals surface area contributed by atoms with Gasteiger partial charge in [0.2, 0.25) is 0 Å². The van der Waals surface area contributed by atoms with Gasteiger partial charge in [-0.3, -0.25) is 0 Å². The van der Waals surface area contributed by atoms with Gasteiger partial charge in [-0.1, -0.05) is 25.4 Å². The average Bonchev–Trinajstić information content (AvgIpc) is 2.27. The number of hydrogen-bond acceptors (Lipinski definition) is 3. The molecule has 0 unspecified atom stereocenters. The number of benzene rings is 1. The lowest BCUT2D eigenvalue weighted by atomic mass is 9.89. The van der Waals surface area contributed by atoms with Crippen LogP contribution in [0.15, 0.2) is 18.2 Å². The van der Waals surface area contributed by atoms with Crippen molar-refractivity contribution in [3.05, 3.63) is 28.8 Å². The van der Waals surface area contributed by atoms with Crippen molar-refractivity contribution in [2.75, 3.05) is 18.5 Å². The van der Waals surface area contributed by atoms with Crippen molar-refractivity contribution < 1.29 is 5.11 Å². The molecule has 4 heteroatoms. The fraction of sp³-hybridized carbons (Fsp3) is 0.462. The summed E-state index contributed by atoms with van der Waals surface area (Å²) in [6, 6.07) is 7.30. The zero-order valence-electron chi connectivity index (χ0n) is 10.1. The molecule has 0 aliphatic carbocycles. The number of nitrogens with one attached hydrogen (secondary N) is 1. The number of aliphatic hydroxyl groups is 1. The standard InChI is InChI=1S/C13H17ClN2O/c1-13(2,5-6-17)9-16-11-4-3-10(8-15)12(14)7-11/h3-4,7,16-17H,5-6,9H2,1-2H3. The minimum Gasteiger partial charge on any atom is -0.396 e. The van der Waals surface area contributed by atoms with Gasteiger partial charge in [0.1, 0.15) is 6.07 Å². The summed E-state index contributed by atoms with van der Waals surface area (Å²) < 4.78 is 0. The van der Waals surface area contributed by atoms with Gasteiger partial charge < -0.3 is 10.4 Å². The molecule has 1 rings (SSSR count). The van der Waals surface area contributed by atoms with Gasteiger partial charge in [-0.25, -0.2) is 0 Å². The maximum atomic E-state index is 8.93. The molecule has 0 heterocycles. The van der Waals surface area contributed by atoms with Crippen LogP contribution in [0.2, 0.25) is 5.02 Å². The Hall–Kier alpha value is -1.24. The van der Waals surface area contributed by atoms with Gasteiger partial charge in [0.15, 0.2) is 0 Å². The SMILES string of the molecule is CC(C)(CCO)CNc1ccc(C#N)c(Cl)c1. The van der Waals surface area contributed by atoms with Crippen molar-refractivity contribution in [3.63, 3.8) is 0 Å². The van der Waals surface area contributed by atoms with Crippen LogP contribution in [0.5, 0.6) is 0 Å². The number of anilines is 1. The van der Waals surface area contributed by atoms with Crippen LogP contribution in [0.4, 0.5) is 5.69 Å². The van der Waals surface area contributed by atoms with Crippen LogP contribution in [0.1, 0.15) is 25.8 Å². The molecule has 0 saturated heterocycles. The molecule has 0 bridgehead atoms. The minimum atomic E-state index is 0.0229. The van der Waals surface area contributed by atoms with Crippen LogP contribution in [0, 0.1) is 16.7 Å². The molecule has 3 nitrogen and oxygen atoms in total. The van der Waals surface area contributed by atoms with Crippen molar-refractivity contribution in [3.8, 4) is 6.07 Å². The Kier molecular flexibility index (Phi) is 4.80. The van der Waals surface area contributed by atoms with Crippen molar-refractivity contribution in [2.45, 2.75) is 20.3 Å². The van der Waals surface area contributed by atoms with Crippen LogP contribution in [-0.4, -0.2) is 18.3 Å². The minimum absolute atomic E-state index is 0.0229. The first kappa shape index (κ1) is 13.8. The second kappa shape index (κ2) is 5.90. The van der Waals surface area contributed by atoms with E-state index in [4.69, 9.17) is 22.0 Å². The van der Waals surface area contributed by atoms with E-state index in [9.17, 15) is 0 Å². The highest BCUT2D eigenvalue weighted by Crippen LogP contribution is 2.23. The fourth-order valence-electron chi connectivity index (χ4n) is 1.45. The van der Waals surface area contributed by atoms with Gasteiger partial charge in [-0.2, -0.15) is 5.26 Å². The molecule has 0 atom stereocenters. The monoisotopic (exact) mass is 252 g/mol. The lowest BCUT2D eigenvalue weighted by molar-refractivity contribution is 0.220. The molecule has 0 radical (unpaired) electrons. The zero-order chi connectivity index (χ0) is 12.9. The first-order chi connectivity index (χ1) is 7.98. The third-order valence-electron chi connectivity index (χ3n) is 2.65. The Balaban J connectivity index is 2.65. The van der Waals surface area contributed by atoms with Crippen molar-refractivity contribution in [1.29, 1.82) is 5.26 Å². The zero-order valence-corrected chi connectivity index (χ0v) is 10.9. The Labute approximate surface area is 107 Å². The van der Waals surface area contributed by atoms with Crippen LogP contribution in [0.3, 0.4) is 0 Å². The molecule has 0 aliphatic heterocycles. The molecule has 0 fully saturated rings. The van der Waals surface area contributed by atoms with E-state index < -0.39 is 0 Å². The van der Waals surface area contributed by atoms with Crippen molar-refractivity contribution in [2.24, 2.45) is 5.41 Å². The van der Waals surface area contributed by atoms with E-state index in [1.54, 1.807) is 12.1 Å². The van der Waals surface area contributed by atoms with Gasteiger partial charge in [0.05, 0.1) is 10.6 Å². The molecule has 2 N–H and O–H groups in total. The number of nitrogens with zero attached hydrogens (tertiary/aromatic N) is 1. The van der Waals surface area contributed by atoms with E-state index in [1.165, 1.54) is 0 Å². The second-order valence-corrected chi connectivity index (χ2v) is 5.21. The number of nitriles is 1. The summed E-state index contributed by atoms with van der Waals surface area (Å²) in [5.41, 5.74) is 1.39. The highest BCUT2D eigenvalue weighted by molar-refractivity contribution is 6.32. The van der Waals surface area contributed by atoms with E-state index in [1.807, 2.05) is 12.1 Å². The Bertz CT molecular complexity index is 424. The van der Waals surface area contributed by atoms with Crippen LogP contribution in [-0.2, 0) is 0 Å². The molecule has 0 aliphatic rings. The van der Waals surface area contributed by atoms with Gasteiger partial charge in [-0.05, 0) is 30.0 Å². The molecule has 0 amide bonds. The van der Waals surface area contributed by atoms with E-state index in [0.717, 1.165) is 18.7 Å². The lowest BCUT2D eigenvalue weighted by Crippen LogP contribution is -2.24. The predicted octanol–water partition coefficient (Wildman–Crippen LogP) is 3.03. The predicted molar refractivity (Wildman–Crippen MR) is 70.1 cm³/mol. The number of halogens is 1. The quantitative estimate of drug-likeness (QED) is 0.847. The number of rotatable bonds is 5. The molecular formula is C13H17ClN2O. The lowest BCUT2D eigenvalue weighted by Gasteiger charge is -2.24. The summed E-state index contributed by atoms with van der Waals surface area (Å²) in [4.78, 5) is 0. The normalized spacial score (nSPS) is 11.0. The maximum Gasteiger partial charge on any atom is 0.101 e. The molecule has 1 aromatic rings. The molecular weight excluding hydrogens is 236 g/mol. The summed E-state index contributed by atoms with van der Waals surface area (Å²) in [5.74, 6) is 0. The van der Waals surface area contributed by atoms with Gasteiger partial charge in [0, 0.05) is 18.8 Å². The van der Waals surface area contributed by atoms with E-state index >= 15 is 0 Å². The van der Waals surface area contributed by atoms with Crippen LogP contribution >= 0.6 is 11.6 Å². The van der Waals surface area contributed by atoms with E-state index in [0.29, 0.717) is 10.6 Å². The Morgan fingerprint density at radius 1 is 1.47 bits per heavy atom. The highest BCUT2D eigenvalue weighted by atomic mass is 35.5. The van der Waals surface area contributed by atoms with Gasteiger partial charge in [0.25, 0.3) is 0 Å². The number of hydrogen-bond donors (Lipinski definition) is 2. The van der Waals surface area contributed by atoms with Crippen LogP contribution < -0.4 is 5.32 Å². The average molecular weight is 253 g/mol. The third kappa shape index (κ3) is 4.26. The van der Waals surface area contributed by atoms with Crippen LogP contribution in [0.25, 0.3) is 0 Å². The molecule has 17 heavy (non-hydrogen) atoms. The van der Waals surface area contributed by atoms with E-state index in [-0.39, 0.29) is 12.0 Å². The highest BCUT2D eigenvalue weighted by Gasteiger charge is 2.16. The summed E-state index contributed by atoms with van der Waals surface area (Å²) in [7, 11) is 0. The largest absolute Gasteiger partial charge is 0.396 e. The first-order valence-electron chi connectivity index (χ1n) is 5.53. The summed E-state index contributed by atoms with van der Waals surface area (Å²) in [6.07, 6.45) is 0.740. The summed E-state index contributed by atoms with van der Waals surface area (Å²) >= 11 is 5.94. The smallest absolute Gasteiger partial charge is 0.101 e. The molecule has 0 aromatic heterocycles.